The minimum atomic E-state index is 0.105. The van der Waals surface area contributed by atoms with Gasteiger partial charge in [-0.1, -0.05) is 13.8 Å². The quantitative estimate of drug-likeness (QED) is 0.525. The molecule has 0 saturated heterocycles. The summed E-state index contributed by atoms with van der Waals surface area (Å²) in [6, 6.07) is 0. The molecule has 2 rings (SSSR count). The van der Waals surface area contributed by atoms with Crippen LogP contribution in [0.1, 0.15) is 20.3 Å². The van der Waals surface area contributed by atoms with Gasteiger partial charge in [-0.2, -0.15) is 0 Å². The fraction of sp³-hybridized carbons (Fsp3) is 0.538. The van der Waals surface area contributed by atoms with Crippen molar-refractivity contribution in [3.63, 3.8) is 0 Å². The molecule has 0 spiro atoms. The lowest BCUT2D eigenvalue weighted by Gasteiger charge is -2.25. The molecule has 0 unspecified atom stereocenters. The standard InChI is InChI=1S/C13H22N6O/c1-13(2,4-7-20-3)9-16-11-12-15-5-6-19(12)8-10(17-11)18-14/h5-6,8,18H,4,7,9,14H2,1-3H3,(H,16,17). The Morgan fingerprint density at radius 3 is 2.95 bits per heavy atom. The maximum absolute atomic E-state index is 5.44. The molecule has 0 aliphatic heterocycles. The molecular formula is C13H22N6O. The summed E-state index contributed by atoms with van der Waals surface area (Å²) in [5.74, 6) is 6.74. The summed E-state index contributed by atoms with van der Waals surface area (Å²) < 4.78 is 7.02. The lowest BCUT2D eigenvalue weighted by molar-refractivity contribution is 0.157. The third kappa shape index (κ3) is 3.37. The van der Waals surface area contributed by atoms with Gasteiger partial charge in [-0.25, -0.2) is 15.8 Å². The number of nitrogens with two attached hydrogens (primary N) is 1. The van der Waals surface area contributed by atoms with Crippen molar-refractivity contribution in [3.05, 3.63) is 18.6 Å². The van der Waals surface area contributed by atoms with E-state index in [0.717, 1.165) is 31.0 Å². The van der Waals surface area contributed by atoms with Crippen LogP contribution in [0.15, 0.2) is 18.6 Å². The minimum absolute atomic E-state index is 0.105. The zero-order chi connectivity index (χ0) is 14.6. The third-order valence-corrected chi connectivity index (χ3v) is 3.24. The second kappa shape index (κ2) is 6.06. The lowest BCUT2D eigenvalue weighted by Crippen LogP contribution is -2.25. The van der Waals surface area contributed by atoms with E-state index in [2.05, 4.69) is 34.6 Å². The predicted octanol–water partition coefficient (Wildman–Crippen LogP) is 1.49. The van der Waals surface area contributed by atoms with Crippen molar-refractivity contribution in [2.24, 2.45) is 11.3 Å². The predicted molar refractivity (Wildman–Crippen MR) is 79.6 cm³/mol. The summed E-state index contributed by atoms with van der Waals surface area (Å²) in [4.78, 5) is 8.71. The molecule has 7 nitrogen and oxygen atoms in total. The number of nitrogens with one attached hydrogen (secondary N) is 2. The molecule has 0 radical (unpaired) electrons. The Labute approximate surface area is 118 Å². The highest BCUT2D eigenvalue weighted by molar-refractivity contribution is 5.65. The molecule has 0 aliphatic rings. The van der Waals surface area contributed by atoms with Crippen LogP contribution >= 0.6 is 0 Å². The van der Waals surface area contributed by atoms with Crippen LogP contribution in [-0.4, -0.2) is 34.6 Å². The van der Waals surface area contributed by atoms with Crippen LogP contribution in [0.5, 0.6) is 0 Å². The van der Waals surface area contributed by atoms with Gasteiger partial charge in [0.25, 0.3) is 0 Å². The van der Waals surface area contributed by atoms with Crippen molar-refractivity contribution in [1.29, 1.82) is 0 Å². The zero-order valence-corrected chi connectivity index (χ0v) is 12.2. The fourth-order valence-corrected chi connectivity index (χ4v) is 1.91. The van der Waals surface area contributed by atoms with E-state index >= 15 is 0 Å². The van der Waals surface area contributed by atoms with Gasteiger partial charge in [-0.15, -0.1) is 0 Å². The summed E-state index contributed by atoms with van der Waals surface area (Å²) in [5, 5.41) is 3.35. The highest BCUT2D eigenvalue weighted by Crippen LogP contribution is 2.22. The average Bonchev–Trinajstić information content (AvgIpc) is 2.90. The molecule has 2 aromatic rings. The summed E-state index contributed by atoms with van der Waals surface area (Å²) in [7, 11) is 1.72. The SMILES string of the molecule is COCCC(C)(C)CNc1nc(NN)cn2ccnc12. The van der Waals surface area contributed by atoms with Crippen LogP contribution in [0.4, 0.5) is 11.6 Å². The Kier molecular flexibility index (Phi) is 4.41. The number of fused-ring (bicyclic) bond motifs is 1. The van der Waals surface area contributed by atoms with Gasteiger partial charge in [0.2, 0.25) is 0 Å². The Hall–Kier alpha value is -1.86. The number of rotatable bonds is 7. The largest absolute Gasteiger partial charge is 0.385 e. The Bertz CT molecular complexity index is 565. The number of nitrogen functional groups attached to an aromatic ring is 1. The number of hydrogen-bond acceptors (Lipinski definition) is 6. The molecule has 2 heterocycles. The summed E-state index contributed by atoms with van der Waals surface area (Å²) in [6.07, 6.45) is 6.36. The van der Waals surface area contributed by atoms with E-state index in [4.69, 9.17) is 10.6 Å². The Morgan fingerprint density at radius 2 is 2.25 bits per heavy atom. The highest BCUT2D eigenvalue weighted by Gasteiger charge is 2.18. The molecule has 0 aliphatic carbocycles. The number of hydrogen-bond donors (Lipinski definition) is 3. The molecule has 0 fully saturated rings. The van der Waals surface area contributed by atoms with Crippen molar-refractivity contribution in [1.82, 2.24) is 14.4 Å². The molecule has 0 amide bonds. The van der Waals surface area contributed by atoms with Crippen LogP contribution in [0.25, 0.3) is 5.65 Å². The minimum Gasteiger partial charge on any atom is -0.385 e. The van der Waals surface area contributed by atoms with Gasteiger partial charge in [-0.3, -0.25) is 0 Å². The van der Waals surface area contributed by atoms with Gasteiger partial charge in [0.15, 0.2) is 17.3 Å². The molecule has 20 heavy (non-hydrogen) atoms. The second-order valence-corrected chi connectivity index (χ2v) is 5.54. The number of imidazole rings is 1. The first-order valence-corrected chi connectivity index (χ1v) is 6.59. The fourth-order valence-electron chi connectivity index (χ4n) is 1.91. The summed E-state index contributed by atoms with van der Waals surface area (Å²) >= 11 is 0. The first kappa shape index (κ1) is 14.5. The van der Waals surface area contributed by atoms with E-state index in [-0.39, 0.29) is 5.41 Å². The van der Waals surface area contributed by atoms with Crippen LogP contribution in [0.3, 0.4) is 0 Å². The van der Waals surface area contributed by atoms with E-state index in [1.165, 1.54) is 0 Å². The molecule has 0 saturated carbocycles. The average molecular weight is 278 g/mol. The maximum Gasteiger partial charge on any atom is 0.180 e. The molecule has 0 aromatic carbocycles. The molecule has 110 valence electrons. The van der Waals surface area contributed by atoms with Gasteiger partial charge in [0, 0.05) is 32.7 Å². The molecule has 4 N–H and O–H groups in total. The van der Waals surface area contributed by atoms with E-state index in [9.17, 15) is 0 Å². The van der Waals surface area contributed by atoms with Gasteiger partial charge < -0.3 is 19.9 Å². The zero-order valence-electron chi connectivity index (χ0n) is 12.2. The van der Waals surface area contributed by atoms with Crippen molar-refractivity contribution < 1.29 is 4.74 Å². The maximum atomic E-state index is 5.44. The molecule has 0 atom stereocenters. The van der Waals surface area contributed by atoms with Crippen molar-refractivity contribution in [3.8, 4) is 0 Å². The molecule has 0 bridgehead atoms. The number of hydrazine groups is 1. The van der Waals surface area contributed by atoms with E-state index in [1.807, 2.05) is 10.6 Å². The third-order valence-electron chi connectivity index (χ3n) is 3.24. The molecule has 2 aromatic heterocycles. The number of nitrogens with zero attached hydrogens (tertiary/aromatic N) is 3. The van der Waals surface area contributed by atoms with E-state index in [1.54, 1.807) is 19.5 Å². The number of methoxy groups -OCH3 is 1. The first-order valence-electron chi connectivity index (χ1n) is 6.59. The number of ether oxygens (including phenoxy) is 1. The summed E-state index contributed by atoms with van der Waals surface area (Å²) in [6.45, 7) is 5.89. The monoisotopic (exact) mass is 278 g/mol. The van der Waals surface area contributed by atoms with Crippen molar-refractivity contribution in [2.75, 3.05) is 31.0 Å². The first-order chi connectivity index (χ1) is 9.55. The van der Waals surface area contributed by atoms with Crippen LogP contribution in [0, 0.1) is 5.41 Å². The molecule has 7 heteroatoms. The van der Waals surface area contributed by atoms with Gasteiger partial charge in [0.05, 0.1) is 6.20 Å². The molecular weight excluding hydrogens is 256 g/mol. The topological polar surface area (TPSA) is 89.5 Å². The van der Waals surface area contributed by atoms with Crippen molar-refractivity contribution in [2.45, 2.75) is 20.3 Å². The Balaban J connectivity index is 2.14. The number of anilines is 2. The highest BCUT2D eigenvalue weighted by atomic mass is 16.5. The van der Waals surface area contributed by atoms with Gasteiger partial charge >= 0.3 is 0 Å². The smallest absolute Gasteiger partial charge is 0.180 e. The summed E-state index contributed by atoms with van der Waals surface area (Å²) in [5.41, 5.74) is 3.45. The van der Waals surface area contributed by atoms with E-state index in [0.29, 0.717) is 5.82 Å². The van der Waals surface area contributed by atoms with Crippen LogP contribution in [-0.2, 0) is 4.74 Å². The van der Waals surface area contributed by atoms with E-state index < -0.39 is 0 Å². The van der Waals surface area contributed by atoms with Crippen molar-refractivity contribution >= 4 is 17.3 Å². The van der Waals surface area contributed by atoms with Gasteiger partial charge in [-0.05, 0) is 11.8 Å². The number of aromatic nitrogens is 3. The van der Waals surface area contributed by atoms with Gasteiger partial charge in [0.1, 0.15) is 0 Å². The lowest BCUT2D eigenvalue weighted by atomic mass is 9.90. The Morgan fingerprint density at radius 1 is 1.45 bits per heavy atom. The van der Waals surface area contributed by atoms with Crippen LogP contribution < -0.4 is 16.6 Å². The van der Waals surface area contributed by atoms with Crippen LogP contribution in [0.2, 0.25) is 0 Å². The second-order valence-electron chi connectivity index (χ2n) is 5.54. The normalized spacial score (nSPS) is 11.8.